The van der Waals surface area contributed by atoms with E-state index in [1.54, 1.807) is 0 Å². The molecule has 0 radical (unpaired) electrons. The minimum absolute atomic E-state index is 0.000506. The molecule has 0 heterocycles. The average molecular weight is 282 g/mol. The molecule has 0 unspecified atom stereocenters. The molecule has 0 saturated carbocycles. The highest BCUT2D eigenvalue weighted by molar-refractivity contribution is 5.93. The van der Waals surface area contributed by atoms with E-state index in [0.717, 1.165) is 29.7 Å². The lowest BCUT2D eigenvalue weighted by molar-refractivity contribution is -0.115. The zero-order valence-corrected chi connectivity index (χ0v) is 12.4. The maximum absolute atomic E-state index is 12.3. The van der Waals surface area contributed by atoms with Crippen LogP contribution in [0.2, 0.25) is 0 Å². The highest BCUT2D eigenvalue weighted by Gasteiger charge is 2.09. The number of amides is 1. The molecule has 0 aromatic heterocycles. The van der Waals surface area contributed by atoms with E-state index in [-0.39, 0.29) is 5.91 Å². The van der Waals surface area contributed by atoms with Crippen molar-refractivity contribution in [3.63, 3.8) is 0 Å². The van der Waals surface area contributed by atoms with Gasteiger partial charge in [0.2, 0.25) is 5.91 Å². The standard InChI is InChI=1S/C18H22N2O/c1-2-7-14-8-5-6-11-17(14)20-18(21)12-15-9-3-4-10-16(15)13-19/h3-6,8-11H,2,7,12-13,19H2,1H3,(H,20,21). The first-order valence-corrected chi connectivity index (χ1v) is 7.39. The monoisotopic (exact) mass is 282 g/mol. The Kier molecular flexibility index (Phi) is 5.52. The maximum atomic E-state index is 12.3. The van der Waals surface area contributed by atoms with E-state index in [0.29, 0.717) is 13.0 Å². The Morgan fingerprint density at radius 1 is 1.00 bits per heavy atom. The number of anilines is 1. The van der Waals surface area contributed by atoms with Crippen LogP contribution in [0.25, 0.3) is 0 Å². The molecule has 21 heavy (non-hydrogen) atoms. The molecule has 0 saturated heterocycles. The van der Waals surface area contributed by atoms with Gasteiger partial charge in [-0.05, 0) is 29.2 Å². The summed E-state index contributed by atoms with van der Waals surface area (Å²) in [5, 5.41) is 3.02. The van der Waals surface area contributed by atoms with Gasteiger partial charge in [-0.25, -0.2) is 0 Å². The van der Waals surface area contributed by atoms with Crippen LogP contribution in [-0.2, 0) is 24.2 Å². The van der Waals surface area contributed by atoms with E-state index in [1.807, 2.05) is 42.5 Å². The largest absolute Gasteiger partial charge is 0.326 e. The molecule has 0 aliphatic rings. The van der Waals surface area contributed by atoms with Crippen LogP contribution in [0.15, 0.2) is 48.5 Å². The van der Waals surface area contributed by atoms with Crippen molar-refractivity contribution in [1.29, 1.82) is 0 Å². The SMILES string of the molecule is CCCc1ccccc1NC(=O)Cc1ccccc1CN. The smallest absolute Gasteiger partial charge is 0.228 e. The fourth-order valence-electron chi connectivity index (χ4n) is 2.43. The summed E-state index contributed by atoms with van der Waals surface area (Å²) in [5.74, 6) is -0.000506. The predicted molar refractivity (Wildman–Crippen MR) is 87.1 cm³/mol. The summed E-state index contributed by atoms with van der Waals surface area (Å²) in [5.41, 5.74) is 9.82. The molecule has 2 aromatic carbocycles. The Hall–Kier alpha value is -2.13. The summed E-state index contributed by atoms with van der Waals surface area (Å²) >= 11 is 0. The van der Waals surface area contributed by atoms with Gasteiger partial charge in [-0.2, -0.15) is 0 Å². The maximum Gasteiger partial charge on any atom is 0.228 e. The first kappa shape index (κ1) is 15.3. The van der Waals surface area contributed by atoms with Crippen molar-refractivity contribution in [2.24, 2.45) is 5.73 Å². The average Bonchev–Trinajstić information content (AvgIpc) is 2.50. The number of hydrogen-bond acceptors (Lipinski definition) is 2. The molecule has 0 bridgehead atoms. The van der Waals surface area contributed by atoms with E-state index in [9.17, 15) is 4.79 Å². The fraction of sp³-hybridized carbons (Fsp3) is 0.278. The van der Waals surface area contributed by atoms with Crippen molar-refractivity contribution in [2.75, 3.05) is 5.32 Å². The molecule has 1 amide bonds. The molecular formula is C18H22N2O. The summed E-state index contributed by atoms with van der Waals surface area (Å²) < 4.78 is 0. The number of carbonyl (C=O) groups excluding carboxylic acids is 1. The third-order valence-corrected chi connectivity index (χ3v) is 3.50. The Morgan fingerprint density at radius 2 is 1.62 bits per heavy atom. The summed E-state index contributed by atoms with van der Waals surface area (Å²) in [6.45, 7) is 2.59. The van der Waals surface area contributed by atoms with Gasteiger partial charge < -0.3 is 11.1 Å². The van der Waals surface area contributed by atoms with E-state index < -0.39 is 0 Å². The van der Waals surface area contributed by atoms with Gasteiger partial charge in [-0.15, -0.1) is 0 Å². The molecule has 0 atom stereocenters. The summed E-state index contributed by atoms with van der Waals surface area (Å²) in [4.78, 5) is 12.3. The van der Waals surface area contributed by atoms with Crippen molar-refractivity contribution in [2.45, 2.75) is 32.7 Å². The fourth-order valence-corrected chi connectivity index (χ4v) is 2.43. The van der Waals surface area contributed by atoms with Crippen LogP contribution in [0, 0.1) is 0 Å². The first-order valence-electron chi connectivity index (χ1n) is 7.39. The Bertz CT molecular complexity index is 608. The highest BCUT2D eigenvalue weighted by Crippen LogP contribution is 2.17. The Morgan fingerprint density at radius 3 is 2.29 bits per heavy atom. The van der Waals surface area contributed by atoms with E-state index in [2.05, 4.69) is 18.3 Å². The molecule has 3 heteroatoms. The molecule has 3 nitrogen and oxygen atoms in total. The summed E-state index contributed by atoms with van der Waals surface area (Å²) in [6.07, 6.45) is 2.38. The minimum Gasteiger partial charge on any atom is -0.326 e. The molecule has 3 N–H and O–H groups in total. The van der Waals surface area contributed by atoms with Crippen LogP contribution in [0.3, 0.4) is 0 Å². The van der Waals surface area contributed by atoms with Crippen LogP contribution >= 0.6 is 0 Å². The van der Waals surface area contributed by atoms with Crippen molar-refractivity contribution >= 4 is 11.6 Å². The molecule has 0 aliphatic carbocycles. The van der Waals surface area contributed by atoms with Gasteiger partial charge in [-0.3, -0.25) is 4.79 Å². The molecule has 2 rings (SSSR count). The molecular weight excluding hydrogens is 260 g/mol. The zero-order chi connectivity index (χ0) is 15.1. The predicted octanol–water partition coefficient (Wildman–Crippen LogP) is 3.28. The molecule has 0 fully saturated rings. The number of nitrogens with one attached hydrogen (secondary N) is 1. The molecule has 0 aliphatic heterocycles. The zero-order valence-electron chi connectivity index (χ0n) is 12.4. The number of nitrogens with two attached hydrogens (primary N) is 1. The van der Waals surface area contributed by atoms with Gasteiger partial charge in [0.05, 0.1) is 6.42 Å². The van der Waals surface area contributed by atoms with Crippen LogP contribution in [0.1, 0.15) is 30.0 Å². The second-order valence-electron chi connectivity index (χ2n) is 5.10. The minimum atomic E-state index is -0.000506. The van der Waals surface area contributed by atoms with Gasteiger partial charge in [0.1, 0.15) is 0 Å². The van der Waals surface area contributed by atoms with E-state index >= 15 is 0 Å². The Labute approximate surface area is 126 Å². The number of hydrogen-bond donors (Lipinski definition) is 2. The first-order chi connectivity index (χ1) is 10.2. The third-order valence-electron chi connectivity index (χ3n) is 3.50. The van der Waals surface area contributed by atoms with Gasteiger partial charge in [0.15, 0.2) is 0 Å². The van der Waals surface area contributed by atoms with Crippen LogP contribution < -0.4 is 11.1 Å². The molecule has 0 spiro atoms. The molecule has 110 valence electrons. The van der Waals surface area contributed by atoms with E-state index in [1.165, 1.54) is 5.56 Å². The van der Waals surface area contributed by atoms with Crippen molar-refractivity contribution < 1.29 is 4.79 Å². The van der Waals surface area contributed by atoms with Crippen molar-refractivity contribution in [3.05, 3.63) is 65.2 Å². The van der Waals surface area contributed by atoms with Crippen molar-refractivity contribution in [1.82, 2.24) is 0 Å². The number of rotatable bonds is 6. The quantitative estimate of drug-likeness (QED) is 0.854. The lowest BCUT2D eigenvalue weighted by atomic mass is 10.0. The summed E-state index contributed by atoms with van der Waals surface area (Å²) in [7, 11) is 0. The second kappa shape index (κ2) is 7.60. The molecule has 2 aromatic rings. The second-order valence-corrected chi connectivity index (χ2v) is 5.10. The number of para-hydroxylation sites is 1. The lowest BCUT2D eigenvalue weighted by Gasteiger charge is -2.12. The van der Waals surface area contributed by atoms with Crippen molar-refractivity contribution in [3.8, 4) is 0 Å². The van der Waals surface area contributed by atoms with Gasteiger partial charge >= 0.3 is 0 Å². The number of benzene rings is 2. The Balaban J connectivity index is 2.08. The van der Waals surface area contributed by atoms with E-state index in [4.69, 9.17) is 5.73 Å². The van der Waals surface area contributed by atoms with Gasteiger partial charge in [0, 0.05) is 12.2 Å². The highest BCUT2D eigenvalue weighted by atomic mass is 16.1. The topological polar surface area (TPSA) is 55.1 Å². The third kappa shape index (κ3) is 4.17. The number of aryl methyl sites for hydroxylation is 1. The van der Waals surface area contributed by atoms with Crippen LogP contribution in [-0.4, -0.2) is 5.91 Å². The lowest BCUT2D eigenvalue weighted by Crippen LogP contribution is -2.17. The summed E-state index contributed by atoms with van der Waals surface area (Å²) in [6, 6.07) is 15.8. The van der Waals surface area contributed by atoms with Crippen LogP contribution in [0.4, 0.5) is 5.69 Å². The normalized spacial score (nSPS) is 10.4. The van der Waals surface area contributed by atoms with Gasteiger partial charge in [-0.1, -0.05) is 55.8 Å². The number of carbonyl (C=O) groups is 1. The van der Waals surface area contributed by atoms with Crippen LogP contribution in [0.5, 0.6) is 0 Å². The van der Waals surface area contributed by atoms with Gasteiger partial charge in [0.25, 0.3) is 0 Å².